The molecule has 0 aliphatic heterocycles. The third-order valence-corrected chi connectivity index (χ3v) is 4.60. The predicted octanol–water partition coefficient (Wildman–Crippen LogP) is 2.65. The van der Waals surface area contributed by atoms with Crippen molar-refractivity contribution in [2.24, 2.45) is 11.8 Å². The maximum Gasteiger partial charge on any atom is 0.197 e. The number of rotatable bonds is 3. The van der Waals surface area contributed by atoms with Gasteiger partial charge in [-0.1, -0.05) is 0 Å². The summed E-state index contributed by atoms with van der Waals surface area (Å²) in [5.41, 5.74) is 1.94. The van der Waals surface area contributed by atoms with E-state index in [0.717, 1.165) is 43.2 Å². The second-order valence-electron chi connectivity index (χ2n) is 5.33. The van der Waals surface area contributed by atoms with Gasteiger partial charge >= 0.3 is 0 Å². The Bertz CT molecular complexity index is 412. The van der Waals surface area contributed by atoms with Gasteiger partial charge in [0.25, 0.3) is 0 Å². The number of aromatic nitrogens is 1. The molecule has 4 heteroatoms. The fourth-order valence-corrected chi connectivity index (χ4v) is 3.33. The van der Waals surface area contributed by atoms with Gasteiger partial charge in [0.1, 0.15) is 0 Å². The van der Waals surface area contributed by atoms with Crippen LogP contribution in [0.25, 0.3) is 0 Å². The lowest BCUT2D eigenvalue weighted by Gasteiger charge is -2.09. The van der Waals surface area contributed by atoms with Crippen LogP contribution in [0.3, 0.4) is 0 Å². The maximum atomic E-state index is 10.2. The molecule has 2 aliphatic rings. The average Bonchev–Trinajstić information content (AvgIpc) is 3.08. The van der Waals surface area contributed by atoms with Crippen molar-refractivity contribution in [3.8, 4) is 11.8 Å². The lowest BCUT2D eigenvalue weighted by Crippen LogP contribution is -2.01. The molecule has 0 bridgehead atoms. The molecular formula is C13H18ClNO2. The summed E-state index contributed by atoms with van der Waals surface area (Å²) in [7, 11) is 0. The molecule has 2 atom stereocenters. The van der Waals surface area contributed by atoms with E-state index >= 15 is 0 Å². The van der Waals surface area contributed by atoms with Gasteiger partial charge in [-0.15, -0.1) is 11.6 Å². The molecular weight excluding hydrogens is 238 g/mol. The SMILES string of the molecule is Oc1c2c(c(O)n1CC1CC1CCl)CCCC2. The summed E-state index contributed by atoms with van der Waals surface area (Å²) in [6, 6.07) is 0. The topological polar surface area (TPSA) is 45.4 Å². The maximum absolute atomic E-state index is 10.2. The van der Waals surface area contributed by atoms with E-state index in [0.29, 0.717) is 24.3 Å². The van der Waals surface area contributed by atoms with E-state index in [1.165, 1.54) is 0 Å². The highest BCUT2D eigenvalue weighted by Crippen LogP contribution is 2.45. The van der Waals surface area contributed by atoms with Crippen LogP contribution in [0.4, 0.5) is 0 Å². The normalized spacial score (nSPS) is 26.9. The van der Waals surface area contributed by atoms with Crippen molar-refractivity contribution in [2.45, 2.75) is 38.6 Å². The van der Waals surface area contributed by atoms with Crippen molar-refractivity contribution in [1.82, 2.24) is 4.57 Å². The smallest absolute Gasteiger partial charge is 0.197 e. The standard InChI is InChI=1S/C13H18ClNO2/c14-6-8-5-9(8)7-15-12(16)10-3-1-2-4-11(10)13(15)17/h8-9,16-17H,1-7H2. The molecule has 94 valence electrons. The highest BCUT2D eigenvalue weighted by atomic mass is 35.5. The summed E-state index contributed by atoms with van der Waals surface area (Å²) in [6.45, 7) is 0.710. The van der Waals surface area contributed by atoms with Crippen LogP contribution in [0.1, 0.15) is 30.4 Å². The number of hydrogen-bond donors (Lipinski definition) is 2. The summed E-state index contributed by atoms with van der Waals surface area (Å²) in [6.07, 6.45) is 5.12. The zero-order valence-corrected chi connectivity index (χ0v) is 10.6. The monoisotopic (exact) mass is 255 g/mol. The molecule has 1 aromatic rings. The van der Waals surface area contributed by atoms with Gasteiger partial charge in [-0.25, -0.2) is 0 Å². The first-order valence-electron chi connectivity index (χ1n) is 6.40. The number of hydrogen-bond acceptors (Lipinski definition) is 2. The predicted molar refractivity (Wildman–Crippen MR) is 66.7 cm³/mol. The van der Waals surface area contributed by atoms with Crippen LogP contribution in [0.15, 0.2) is 0 Å². The highest BCUT2D eigenvalue weighted by molar-refractivity contribution is 6.18. The molecule has 3 rings (SSSR count). The Labute approximate surface area is 106 Å². The van der Waals surface area contributed by atoms with Gasteiger partial charge in [-0.2, -0.15) is 0 Å². The van der Waals surface area contributed by atoms with Crippen LogP contribution in [-0.4, -0.2) is 20.7 Å². The van der Waals surface area contributed by atoms with Crippen molar-refractivity contribution in [2.75, 3.05) is 5.88 Å². The van der Waals surface area contributed by atoms with Gasteiger partial charge < -0.3 is 10.2 Å². The first kappa shape index (κ1) is 11.3. The lowest BCUT2D eigenvalue weighted by atomic mass is 9.95. The molecule has 1 saturated carbocycles. The molecule has 0 saturated heterocycles. The van der Waals surface area contributed by atoms with Crippen LogP contribution >= 0.6 is 11.6 Å². The molecule has 17 heavy (non-hydrogen) atoms. The molecule has 0 aromatic carbocycles. The summed E-state index contributed by atoms with van der Waals surface area (Å²) >= 11 is 5.81. The third-order valence-electron chi connectivity index (χ3n) is 4.20. The molecule has 1 fully saturated rings. The van der Waals surface area contributed by atoms with Crippen molar-refractivity contribution >= 4 is 11.6 Å². The van der Waals surface area contributed by atoms with Gasteiger partial charge in [0.2, 0.25) is 0 Å². The first-order chi connectivity index (χ1) is 8.22. The second-order valence-corrected chi connectivity index (χ2v) is 5.64. The van der Waals surface area contributed by atoms with E-state index in [4.69, 9.17) is 11.6 Å². The second kappa shape index (κ2) is 4.13. The summed E-state index contributed by atoms with van der Waals surface area (Å²) in [4.78, 5) is 0. The van der Waals surface area contributed by atoms with E-state index in [-0.39, 0.29) is 11.8 Å². The molecule has 1 heterocycles. The van der Waals surface area contributed by atoms with Crippen molar-refractivity contribution in [3.63, 3.8) is 0 Å². The van der Waals surface area contributed by atoms with Crippen molar-refractivity contribution in [3.05, 3.63) is 11.1 Å². The van der Waals surface area contributed by atoms with E-state index in [1.807, 2.05) is 0 Å². The summed E-state index contributed by atoms with van der Waals surface area (Å²) < 4.78 is 1.69. The fourth-order valence-electron chi connectivity index (χ4n) is 2.96. The number of alkyl halides is 1. The van der Waals surface area contributed by atoms with Crippen molar-refractivity contribution < 1.29 is 10.2 Å². The Morgan fingerprint density at radius 1 is 1.06 bits per heavy atom. The third kappa shape index (κ3) is 1.81. The molecule has 2 N–H and O–H groups in total. The van der Waals surface area contributed by atoms with Gasteiger partial charge in [0, 0.05) is 23.6 Å². The van der Waals surface area contributed by atoms with Gasteiger partial charge in [-0.3, -0.25) is 4.57 Å². The van der Waals surface area contributed by atoms with Crippen molar-refractivity contribution in [1.29, 1.82) is 0 Å². The number of nitrogens with zero attached hydrogens (tertiary/aromatic N) is 1. The Morgan fingerprint density at radius 2 is 1.65 bits per heavy atom. The largest absolute Gasteiger partial charge is 0.494 e. The summed E-state index contributed by atoms with van der Waals surface area (Å²) in [5.74, 6) is 2.36. The number of aromatic hydroxyl groups is 2. The van der Waals surface area contributed by atoms with Crippen LogP contribution in [0, 0.1) is 11.8 Å². The Hall–Kier alpha value is -0.830. The zero-order chi connectivity index (χ0) is 12.0. The summed E-state index contributed by atoms with van der Waals surface area (Å²) in [5, 5.41) is 20.3. The van der Waals surface area contributed by atoms with Crippen LogP contribution < -0.4 is 0 Å². The minimum absolute atomic E-state index is 0.289. The van der Waals surface area contributed by atoms with Crippen LogP contribution in [-0.2, 0) is 19.4 Å². The molecule has 3 nitrogen and oxygen atoms in total. The molecule has 0 spiro atoms. The Morgan fingerprint density at radius 3 is 2.12 bits per heavy atom. The molecule has 0 radical (unpaired) electrons. The number of halogens is 1. The highest BCUT2D eigenvalue weighted by Gasteiger charge is 2.38. The van der Waals surface area contributed by atoms with Gasteiger partial charge in [-0.05, 0) is 43.9 Å². The van der Waals surface area contributed by atoms with Gasteiger partial charge in [0.15, 0.2) is 11.8 Å². The van der Waals surface area contributed by atoms with E-state index in [2.05, 4.69) is 0 Å². The quantitative estimate of drug-likeness (QED) is 0.816. The van der Waals surface area contributed by atoms with Crippen LogP contribution in [0.2, 0.25) is 0 Å². The molecule has 2 aliphatic carbocycles. The first-order valence-corrected chi connectivity index (χ1v) is 6.94. The van der Waals surface area contributed by atoms with Crippen LogP contribution in [0.5, 0.6) is 11.8 Å². The minimum Gasteiger partial charge on any atom is -0.494 e. The Kier molecular flexibility index (Phi) is 2.74. The lowest BCUT2D eigenvalue weighted by molar-refractivity contribution is 0.355. The molecule has 2 unspecified atom stereocenters. The minimum atomic E-state index is 0.289. The van der Waals surface area contributed by atoms with E-state index in [1.54, 1.807) is 4.57 Å². The average molecular weight is 256 g/mol. The number of fused-ring (bicyclic) bond motifs is 1. The molecule has 0 amide bonds. The Balaban J connectivity index is 1.86. The van der Waals surface area contributed by atoms with Gasteiger partial charge in [0.05, 0.1) is 0 Å². The van der Waals surface area contributed by atoms with E-state index < -0.39 is 0 Å². The fraction of sp³-hybridized carbons (Fsp3) is 0.692. The van der Waals surface area contributed by atoms with E-state index in [9.17, 15) is 10.2 Å². The molecule has 1 aromatic heterocycles. The zero-order valence-electron chi connectivity index (χ0n) is 9.82.